The second-order valence-electron chi connectivity index (χ2n) is 7.23. The second-order valence-corrected chi connectivity index (χ2v) is 7.61. The molecule has 1 aromatic carbocycles. The number of aromatic nitrogens is 3. The quantitative estimate of drug-likeness (QED) is 0.634. The maximum atomic E-state index is 12.8. The summed E-state index contributed by atoms with van der Waals surface area (Å²) in [6, 6.07) is 11.2. The number of hydrogen-bond donors (Lipinski definition) is 1. The maximum Gasteiger partial charge on any atom is 0.270 e. The molecule has 31 heavy (non-hydrogen) atoms. The predicted molar refractivity (Wildman–Crippen MR) is 124 cm³/mol. The summed E-state index contributed by atoms with van der Waals surface area (Å²) >= 11 is 6.30. The maximum absolute atomic E-state index is 12.8. The molecule has 162 valence electrons. The molecule has 0 spiro atoms. The highest BCUT2D eigenvalue weighted by Crippen LogP contribution is 2.31. The number of nitrogens with zero attached hydrogens (tertiary/aromatic N) is 3. The van der Waals surface area contributed by atoms with E-state index in [9.17, 15) is 9.59 Å². The number of carbonyl (C=O) groups excluding carboxylic acids is 1. The molecule has 0 aliphatic carbocycles. The van der Waals surface area contributed by atoms with Crippen LogP contribution < -0.4 is 5.56 Å². The lowest BCUT2D eigenvalue weighted by Gasteiger charge is -2.32. The van der Waals surface area contributed by atoms with Crippen molar-refractivity contribution in [1.82, 2.24) is 19.9 Å². The largest absolute Gasteiger partial charge is 0.339 e. The lowest BCUT2D eigenvalue weighted by molar-refractivity contribution is 0.0711. The Morgan fingerprint density at radius 3 is 2.39 bits per heavy atom. The molecule has 1 aliphatic rings. The van der Waals surface area contributed by atoms with Gasteiger partial charge >= 0.3 is 0 Å². The van der Waals surface area contributed by atoms with Crippen molar-refractivity contribution in [2.24, 2.45) is 0 Å². The van der Waals surface area contributed by atoms with Crippen molar-refractivity contribution >= 4 is 17.5 Å². The Kier molecular flexibility index (Phi) is 7.58. The summed E-state index contributed by atoms with van der Waals surface area (Å²) in [5.74, 6) is 0.561. The number of aryl methyl sites for hydroxylation is 1. The monoisotopic (exact) mass is 438 g/mol. The van der Waals surface area contributed by atoms with E-state index in [4.69, 9.17) is 11.6 Å². The zero-order valence-corrected chi connectivity index (χ0v) is 18.8. The number of carbonyl (C=O) groups is 1. The first-order valence-corrected chi connectivity index (χ1v) is 11.0. The topological polar surface area (TPSA) is 79.0 Å². The third-order valence-electron chi connectivity index (χ3n) is 5.39. The first-order valence-electron chi connectivity index (χ1n) is 10.6. The van der Waals surface area contributed by atoms with Crippen LogP contribution in [0.4, 0.5) is 0 Å². The average Bonchev–Trinajstić information content (AvgIpc) is 2.82. The highest BCUT2D eigenvalue weighted by molar-refractivity contribution is 6.31. The van der Waals surface area contributed by atoms with E-state index in [0.717, 1.165) is 16.7 Å². The van der Waals surface area contributed by atoms with Crippen LogP contribution in [0.2, 0.25) is 5.02 Å². The van der Waals surface area contributed by atoms with Crippen molar-refractivity contribution in [2.45, 2.75) is 39.5 Å². The van der Waals surface area contributed by atoms with Gasteiger partial charge in [-0.05, 0) is 43.5 Å². The zero-order chi connectivity index (χ0) is 22.4. The van der Waals surface area contributed by atoms with Crippen LogP contribution in [0.15, 0.2) is 53.6 Å². The summed E-state index contributed by atoms with van der Waals surface area (Å²) in [6.07, 6.45) is 4.73. The molecule has 7 heteroatoms. The molecule has 1 N–H and O–H groups in total. The minimum Gasteiger partial charge on any atom is -0.339 e. The number of piperidine rings is 1. The Labute approximate surface area is 187 Å². The number of halogens is 1. The smallest absolute Gasteiger partial charge is 0.270 e. The molecule has 0 unspecified atom stereocenters. The first-order chi connectivity index (χ1) is 15.0. The number of aromatic amines is 1. The molecule has 3 heterocycles. The first kappa shape index (κ1) is 22.7. The lowest BCUT2D eigenvalue weighted by Crippen LogP contribution is -2.38. The fourth-order valence-corrected chi connectivity index (χ4v) is 3.98. The number of pyridine rings is 1. The van der Waals surface area contributed by atoms with Crippen molar-refractivity contribution in [3.05, 3.63) is 81.0 Å². The second kappa shape index (κ2) is 10.4. The van der Waals surface area contributed by atoms with Gasteiger partial charge in [0.1, 0.15) is 10.8 Å². The Balaban J connectivity index is 0.00000132. The van der Waals surface area contributed by atoms with E-state index < -0.39 is 0 Å². The van der Waals surface area contributed by atoms with E-state index in [1.54, 1.807) is 24.5 Å². The van der Waals surface area contributed by atoms with E-state index in [2.05, 4.69) is 15.0 Å². The number of amides is 1. The summed E-state index contributed by atoms with van der Waals surface area (Å²) in [4.78, 5) is 38.5. The molecule has 2 aromatic heterocycles. The molecular weight excluding hydrogens is 412 g/mol. The molecule has 0 radical (unpaired) electrons. The van der Waals surface area contributed by atoms with Gasteiger partial charge in [0.05, 0.1) is 5.69 Å². The number of benzene rings is 1. The van der Waals surface area contributed by atoms with Crippen LogP contribution in [-0.4, -0.2) is 38.8 Å². The molecule has 4 rings (SSSR count). The van der Waals surface area contributed by atoms with Crippen LogP contribution in [-0.2, 0) is 0 Å². The van der Waals surface area contributed by atoms with Crippen LogP contribution in [0.5, 0.6) is 0 Å². The number of nitrogens with one attached hydrogen (secondary N) is 1. The Bertz CT molecular complexity index is 1090. The SMILES string of the molecule is CC.Cc1ccccc1C(=O)N1CCC(c2nc(-c3ccncc3)[nH]c(=O)c2Cl)CC1. The van der Waals surface area contributed by atoms with E-state index in [0.29, 0.717) is 37.4 Å². The molecule has 0 saturated carbocycles. The van der Waals surface area contributed by atoms with Crippen molar-refractivity contribution in [3.63, 3.8) is 0 Å². The molecule has 0 bridgehead atoms. The predicted octanol–water partition coefficient (Wildman–Crippen LogP) is 4.84. The van der Waals surface area contributed by atoms with Crippen LogP contribution in [0.1, 0.15) is 54.2 Å². The molecule has 1 aliphatic heterocycles. The molecule has 3 aromatic rings. The van der Waals surface area contributed by atoms with Gasteiger partial charge in [-0.2, -0.15) is 0 Å². The van der Waals surface area contributed by atoms with Crippen molar-refractivity contribution in [2.75, 3.05) is 13.1 Å². The number of H-pyrrole nitrogens is 1. The van der Waals surface area contributed by atoms with E-state index in [1.165, 1.54) is 0 Å². The Hall–Kier alpha value is -2.99. The van der Waals surface area contributed by atoms with Crippen molar-refractivity contribution in [1.29, 1.82) is 0 Å². The minimum atomic E-state index is -0.345. The lowest BCUT2D eigenvalue weighted by atomic mass is 9.92. The standard InChI is InChI=1S/C22H21ClN4O2.C2H6/c1-14-4-2-3-5-17(14)22(29)27-12-8-15(9-13-27)19-18(23)21(28)26-20(25-19)16-6-10-24-11-7-16;1-2/h2-7,10-11,15H,8-9,12-13H2,1H3,(H,25,26,28);1-2H3. The van der Waals surface area contributed by atoms with Crippen LogP contribution in [0.25, 0.3) is 11.4 Å². The van der Waals surface area contributed by atoms with Gasteiger partial charge in [-0.25, -0.2) is 4.98 Å². The fraction of sp³-hybridized carbons (Fsp3) is 0.333. The summed E-state index contributed by atoms with van der Waals surface area (Å²) in [6.45, 7) is 7.15. The molecular formula is C24H27ClN4O2. The number of likely N-dealkylation sites (tertiary alicyclic amines) is 1. The molecule has 1 amide bonds. The summed E-state index contributed by atoms with van der Waals surface area (Å²) in [7, 11) is 0. The fourth-order valence-electron chi connectivity index (χ4n) is 3.73. The third-order valence-corrected chi connectivity index (χ3v) is 5.75. The van der Waals surface area contributed by atoms with Gasteiger partial charge < -0.3 is 9.88 Å². The molecule has 1 fully saturated rings. The van der Waals surface area contributed by atoms with E-state index in [-0.39, 0.29) is 22.4 Å². The molecule has 0 atom stereocenters. The number of rotatable bonds is 3. The Morgan fingerprint density at radius 2 is 1.74 bits per heavy atom. The van der Waals surface area contributed by atoms with Gasteiger partial charge in [0.25, 0.3) is 11.5 Å². The van der Waals surface area contributed by atoms with Gasteiger partial charge in [-0.3, -0.25) is 14.6 Å². The number of hydrogen-bond acceptors (Lipinski definition) is 4. The van der Waals surface area contributed by atoms with Gasteiger partial charge in [-0.15, -0.1) is 0 Å². The summed E-state index contributed by atoms with van der Waals surface area (Å²) in [5, 5.41) is 0.131. The van der Waals surface area contributed by atoms with Crippen LogP contribution in [0.3, 0.4) is 0 Å². The minimum absolute atomic E-state index is 0.0336. The summed E-state index contributed by atoms with van der Waals surface area (Å²) in [5.41, 5.74) is 2.74. The molecule has 1 saturated heterocycles. The van der Waals surface area contributed by atoms with E-state index in [1.807, 2.05) is 49.9 Å². The average molecular weight is 439 g/mol. The van der Waals surface area contributed by atoms with Crippen molar-refractivity contribution < 1.29 is 4.79 Å². The third kappa shape index (κ3) is 5.02. The van der Waals surface area contributed by atoms with Crippen molar-refractivity contribution in [3.8, 4) is 11.4 Å². The normalized spacial score (nSPS) is 14.0. The van der Waals surface area contributed by atoms with E-state index >= 15 is 0 Å². The van der Waals surface area contributed by atoms with Gasteiger partial charge in [0, 0.05) is 42.5 Å². The zero-order valence-electron chi connectivity index (χ0n) is 18.1. The Morgan fingerprint density at radius 1 is 1.10 bits per heavy atom. The summed E-state index contributed by atoms with van der Waals surface area (Å²) < 4.78 is 0. The van der Waals surface area contributed by atoms with Gasteiger partial charge in [-0.1, -0.05) is 43.6 Å². The highest BCUT2D eigenvalue weighted by Gasteiger charge is 2.28. The van der Waals surface area contributed by atoms with Crippen LogP contribution >= 0.6 is 11.6 Å². The van der Waals surface area contributed by atoms with Gasteiger partial charge in [0.2, 0.25) is 0 Å². The molecule has 6 nitrogen and oxygen atoms in total. The van der Waals surface area contributed by atoms with Crippen LogP contribution in [0, 0.1) is 6.92 Å². The van der Waals surface area contributed by atoms with Gasteiger partial charge in [0.15, 0.2) is 0 Å². The highest BCUT2D eigenvalue weighted by atomic mass is 35.5.